The van der Waals surface area contributed by atoms with Crippen molar-refractivity contribution in [3.8, 4) is 10.4 Å². The number of fused-ring (bicyclic) bond motifs is 1. The fraction of sp³-hybridized carbons (Fsp3) is 0.528. The van der Waals surface area contributed by atoms with Gasteiger partial charge in [0, 0.05) is 28.4 Å². The molecule has 0 aliphatic carbocycles. The summed E-state index contributed by atoms with van der Waals surface area (Å²) in [6, 6.07) is 14.5. The second-order valence-electron chi connectivity index (χ2n) is 13.0. The number of rotatable bonds is 18. The van der Waals surface area contributed by atoms with Crippen LogP contribution in [0, 0.1) is 0 Å². The van der Waals surface area contributed by atoms with Crippen LogP contribution in [0.3, 0.4) is 0 Å². The fourth-order valence-corrected chi connectivity index (χ4v) is 9.58. The van der Waals surface area contributed by atoms with Crippen LogP contribution in [-0.2, 0) is 37.2 Å². The van der Waals surface area contributed by atoms with Crippen LogP contribution in [0.5, 0.6) is 0 Å². The smallest absolute Gasteiger partial charge is 0.267 e. The van der Waals surface area contributed by atoms with Crippen molar-refractivity contribution in [2.75, 3.05) is 36.2 Å². The molecule has 1 aliphatic heterocycles. The van der Waals surface area contributed by atoms with Crippen LogP contribution in [0.15, 0.2) is 53.6 Å². The normalized spacial score (nSPS) is 15.7. The zero-order valence-corrected chi connectivity index (χ0v) is 31.6. The summed E-state index contributed by atoms with van der Waals surface area (Å²) in [5.74, 6) is 0.625. The predicted molar refractivity (Wildman–Crippen MR) is 202 cm³/mol. The van der Waals surface area contributed by atoms with Crippen LogP contribution in [0.4, 0.5) is 5.82 Å². The van der Waals surface area contributed by atoms with E-state index in [0.29, 0.717) is 42.8 Å². The number of nitrogens with zero attached hydrogens (tertiary/aromatic N) is 3. The van der Waals surface area contributed by atoms with E-state index in [-0.39, 0.29) is 41.4 Å². The van der Waals surface area contributed by atoms with E-state index in [9.17, 15) is 21.6 Å². The molecule has 0 amide bonds. The van der Waals surface area contributed by atoms with Crippen LogP contribution >= 0.6 is 11.3 Å². The van der Waals surface area contributed by atoms with Gasteiger partial charge in [0.2, 0.25) is 0 Å². The highest BCUT2D eigenvalue weighted by molar-refractivity contribution is 7.91. The highest BCUT2D eigenvalue weighted by Crippen LogP contribution is 2.36. The Labute approximate surface area is 299 Å². The minimum absolute atomic E-state index is 0.0219. The van der Waals surface area contributed by atoms with Crippen molar-refractivity contribution in [2.45, 2.75) is 90.3 Å². The highest BCUT2D eigenvalue weighted by Gasteiger charge is 2.28. The lowest BCUT2D eigenvalue weighted by atomic mass is 9.93. The van der Waals surface area contributed by atoms with Gasteiger partial charge in [-0.15, -0.1) is 11.3 Å². The van der Waals surface area contributed by atoms with Gasteiger partial charge < -0.3 is 10.6 Å². The molecule has 3 aromatic heterocycles. The van der Waals surface area contributed by atoms with Crippen molar-refractivity contribution in [2.24, 2.45) is 0 Å². The van der Waals surface area contributed by atoms with Gasteiger partial charge in [-0.3, -0.25) is 13.5 Å². The molecule has 272 valence electrons. The number of hydrogen-bond acceptors (Lipinski definition) is 11. The maximum Gasteiger partial charge on any atom is 0.267 e. The summed E-state index contributed by atoms with van der Waals surface area (Å²) < 4.78 is 54.2. The quantitative estimate of drug-likeness (QED) is 0.0865. The van der Waals surface area contributed by atoms with Crippen molar-refractivity contribution in [3.63, 3.8) is 0 Å². The second kappa shape index (κ2) is 17.4. The lowest BCUT2D eigenvalue weighted by Crippen LogP contribution is -2.30. The van der Waals surface area contributed by atoms with Crippen molar-refractivity contribution in [1.82, 2.24) is 19.9 Å². The predicted octanol–water partition coefficient (Wildman–Crippen LogP) is 6.41. The summed E-state index contributed by atoms with van der Waals surface area (Å²) in [5, 5.41) is 7.60. The molecule has 0 spiro atoms. The fourth-order valence-electron chi connectivity index (χ4n) is 6.48. The molecule has 1 atom stereocenters. The molecule has 4 heterocycles. The minimum atomic E-state index is -3.41. The van der Waals surface area contributed by atoms with Crippen LogP contribution in [0.1, 0.15) is 93.2 Å². The first-order chi connectivity index (χ1) is 24.0. The zero-order valence-electron chi connectivity index (χ0n) is 29.2. The van der Waals surface area contributed by atoms with Crippen LogP contribution in [0.25, 0.3) is 21.5 Å². The number of aryl methyl sites for hydroxylation is 1. The van der Waals surface area contributed by atoms with Gasteiger partial charge in [0.1, 0.15) is 27.6 Å². The standard InChI is InChI=1S/C36H49N5O6S3/c1-4-50(45,46)47-20-12-8-6-5-7-11-19-41-35-31(23-30(36(41)42)27-17-21-49(43,44)22-18-27)34(38-25-39-35)40-26(2)32-15-16-33(48-32)29-14-10-9-13-28(29)24-37-3/h9-10,13-16,23,25-27,37H,4-8,11-12,17-22,24H2,1-3H3,(H,38,39,40)/t26-/m1/s1. The van der Waals surface area contributed by atoms with Gasteiger partial charge in [0.15, 0.2) is 0 Å². The third kappa shape index (κ3) is 9.78. The molecule has 1 aromatic carbocycles. The number of anilines is 1. The summed E-state index contributed by atoms with van der Waals surface area (Å²) >= 11 is 1.73. The molecular weight excluding hydrogens is 695 g/mol. The van der Waals surface area contributed by atoms with E-state index in [0.717, 1.165) is 48.9 Å². The Morgan fingerprint density at radius 1 is 1.02 bits per heavy atom. The Balaban J connectivity index is 1.34. The molecule has 1 aliphatic rings. The maximum atomic E-state index is 14.0. The third-order valence-corrected chi connectivity index (χ3v) is 13.6. The van der Waals surface area contributed by atoms with E-state index in [1.807, 2.05) is 13.1 Å². The third-order valence-electron chi connectivity index (χ3n) is 9.35. The molecule has 4 aromatic rings. The molecule has 2 N–H and O–H groups in total. The Morgan fingerprint density at radius 3 is 2.48 bits per heavy atom. The van der Waals surface area contributed by atoms with Crippen molar-refractivity contribution < 1.29 is 21.0 Å². The van der Waals surface area contributed by atoms with Gasteiger partial charge in [-0.05, 0) is 81.8 Å². The first-order valence-corrected chi connectivity index (χ1v) is 21.8. The number of hydrogen-bond donors (Lipinski definition) is 2. The van der Waals surface area contributed by atoms with Crippen molar-refractivity contribution >= 4 is 48.1 Å². The van der Waals surface area contributed by atoms with E-state index < -0.39 is 20.0 Å². The Morgan fingerprint density at radius 2 is 1.74 bits per heavy atom. The van der Waals surface area contributed by atoms with Gasteiger partial charge in [0.05, 0.1) is 35.3 Å². The molecule has 50 heavy (non-hydrogen) atoms. The molecule has 1 fully saturated rings. The van der Waals surface area contributed by atoms with Crippen molar-refractivity contribution in [1.29, 1.82) is 0 Å². The second-order valence-corrected chi connectivity index (χ2v) is 18.3. The van der Waals surface area contributed by atoms with E-state index in [4.69, 9.17) is 4.18 Å². The Bertz CT molecular complexity index is 2010. The molecule has 0 bridgehead atoms. The lowest BCUT2D eigenvalue weighted by molar-refractivity contribution is 0.307. The summed E-state index contributed by atoms with van der Waals surface area (Å²) in [6.07, 6.45) is 7.47. The summed E-state index contributed by atoms with van der Waals surface area (Å²) in [4.78, 5) is 25.6. The van der Waals surface area contributed by atoms with Crippen LogP contribution < -0.4 is 16.2 Å². The first kappa shape index (κ1) is 38.1. The average Bonchev–Trinajstić information content (AvgIpc) is 3.59. The average molecular weight is 744 g/mol. The van der Waals surface area contributed by atoms with Crippen LogP contribution in [0.2, 0.25) is 0 Å². The monoisotopic (exact) mass is 743 g/mol. The highest BCUT2D eigenvalue weighted by atomic mass is 32.2. The lowest BCUT2D eigenvalue weighted by Gasteiger charge is -2.24. The summed E-state index contributed by atoms with van der Waals surface area (Å²) in [6.45, 7) is 5.14. The number of thiophene rings is 1. The molecule has 14 heteroatoms. The molecule has 0 unspecified atom stereocenters. The molecule has 5 rings (SSSR count). The molecule has 0 saturated carbocycles. The Hall–Kier alpha value is -3.17. The van der Waals surface area contributed by atoms with Gasteiger partial charge >= 0.3 is 0 Å². The Kier molecular flexibility index (Phi) is 13.2. The van der Waals surface area contributed by atoms with Gasteiger partial charge in [0.25, 0.3) is 15.7 Å². The van der Waals surface area contributed by atoms with E-state index in [1.54, 1.807) is 22.8 Å². The molecule has 11 nitrogen and oxygen atoms in total. The van der Waals surface area contributed by atoms with E-state index in [1.165, 1.54) is 22.3 Å². The summed E-state index contributed by atoms with van der Waals surface area (Å²) in [5.41, 5.74) is 3.52. The topological polar surface area (TPSA) is 149 Å². The number of nitrogens with one attached hydrogen (secondary N) is 2. The molecular formula is C36H49N5O6S3. The number of pyridine rings is 1. The maximum absolute atomic E-state index is 14.0. The van der Waals surface area contributed by atoms with Gasteiger partial charge in [-0.1, -0.05) is 49.9 Å². The number of aromatic nitrogens is 3. The van der Waals surface area contributed by atoms with Gasteiger partial charge in [-0.25, -0.2) is 18.4 Å². The first-order valence-electron chi connectivity index (χ1n) is 17.6. The number of sulfone groups is 1. The number of benzene rings is 1. The largest absolute Gasteiger partial charge is 0.362 e. The van der Waals surface area contributed by atoms with Crippen LogP contribution in [-0.4, -0.2) is 62.3 Å². The zero-order chi connectivity index (χ0) is 35.7. The van der Waals surface area contributed by atoms with E-state index >= 15 is 0 Å². The van der Waals surface area contributed by atoms with Crippen molar-refractivity contribution in [3.05, 3.63) is 75.1 Å². The van der Waals surface area contributed by atoms with Gasteiger partial charge in [-0.2, -0.15) is 8.42 Å². The SMILES string of the molecule is CCS(=O)(=O)OCCCCCCCCn1c(=O)c(C2CCS(=O)(=O)CC2)cc2c(N[C@H](C)c3ccc(-c4ccccc4CNC)s3)ncnc21. The molecule has 0 radical (unpaired) electrons. The molecule has 1 saturated heterocycles. The van der Waals surface area contributed by atoms with E-state index in [2.05, 4.69) is 63.9 Å². The summed E-state index contributed by atoms with van der Waals surface area (Å²) in [7, 11) is -4.55. The number of unbranched alkanes of at least 4 members (excludes halogenated alkanes) is 5. The minimum Gasteiger partial charge on any atom is -0.362 e.